The fourth-order valence-corrected chi connectivity index (χ4v) is 2.19. The molecule has 0 aliphatic heterocycles. The largest absolute Gasteiger partial charge is 0.462 e. The highest BCUT2D eigenvalue weighted by Gasteiger charge is 2.12. The maximum absolute atomic E-state index is 12.3. The van der Waals surface area contributed by atoms with E-state index in [1.165, 1.54) is 0 Å². The van der Waals surface area contributed by atoms with Crippen LogP contribution in [0.2, 0.25) is 0 Å². The lowest BCUT2D eigenvalue weighted by molar-refractivity contribution is 0.0526. The molecule has 3 rings (SSSR count). The molecule has 25 heavy (non-hydrogen) atoms. The van der Waals surface area contributed by atoms with E-state index in [1.54, 1.807) is 43.5 Å². The molecule has 0 bridgehead atoms. The summed E-state index contributed by atoms with van der Waals surface area (Å²) in [5, 5.41) is 9.53. The van der Waals surface area contributed by atoms with Crippen LogP contribution in [-0.4, -0.2) is 33.7 Å². The molecule has 1 aromatic carbocycles. The lowest BCUT2D eigenvalue weighted by atomic mass is 10.2. The van der Waals surface area contributed by atoms with Gasteiger partial charge in [0.25, 0.3) is 5.91 Å². The van der Waals surface area contributed by atoms with Crippen LogP contribution in [0.1, 0.15) is 27.8 Å². The van der Waals surface area contributed by atoms with Crippen molar-refractivity contribution in [3.05, 3.63) is 66.0 Å². The summed E-state index contributed by atoms with van der Waals surface area (Å²) >= 11 is 0. The first-order chi connectivity index (χ1) is 12.2. The number of nitrogens with zero attached hydrogens (tertiary/aromatic N) is 2. The molecule has 2 aromatic heterocycles. The number of aromatic nitrogens is 3. The van der Waals surface area contributed by atoms with E-state index in [-0.39, 0.29) is 5.91 Å². The molecule has 126 valence electrons. The van der Waals surface area contributed by atoms with Crippen LogP contribution in [0.3, 0.4) is 0 Å². The van der Waals surface area contributed by atoms with Gasteiger partial charge >= 0.3 is 5.97 Å². The Morgan fingerprint density at radius 3 is 2.60 bits per heavy atom. The van der Waals surface area contributed by atoms with Crippen molar-refractivity contribution in [1.82, 2.24) is 15.2 Å². The van der Waals surface area contributed by atoms with Crippen molar-refractivity contribution in [2.75, 3.05) is 11.9 Å². The van der Waals surface area contributed by atoms with Gasteiger partial charge in [0.15, 0.2) is 0 Å². The summed E-state index contributed by atoms with van der Waals surface area (Å²) in [6.07, 6.45) is 1.66. The van der Waals surface area contributed by atoms with Crippen molar-refractivity contribution in [3.8, 4) is 11.4 Å². The van der Waals surface area contributed by atoms with Crippen LogP contribution >= 0.6 is 0 Å². The average Bonchev–Trinajstić information content (AvgIpc) is 3.13. The zero-order valence-electron chi connectivity index (χ0n) is 13.5. The maximum Gasteiger partial charge on any atom is 0.338 e. The average molecular weight is 336 g/mol. The molecule has 0 radical (unpaired) electrons. The number of anilines is 1. The monoisotopic (exact) mass is 336 g/mol. The van der Waals surface area contributed by atoms with Crippen molar-refractivity contribution in [1.29, 1.82) is 0 Å². The van der Waals surface area contributed by atoms with Gasteiger partial charge in [-0.3, -0.25) is 14.9 Å². The van der Waals surface area contributed by atoms with Crippen molar-refractivity contribution in [2.45, 2.75) is 6.92 Å². The van der Waals surface area contributed by atoms with Gasteiger partial charge < -0.3 is 10.1 Å². The molecule has 0 aliphatic rings. The highest BCUT2D eigenvalue weighted by molar-refractivity contribution is 6.03. The summed E-state index contributed by atoms with van der Waals surface area (Å²) in [6, 6.07) is 13.6. The number of benzene rings is 1. The second kappa shape index (κ2) is 7.39. The normalized spacial score (nSPS) is 10.3. The Morgan fingerprint density at radius 2 is 1.92 bits per heavy atom. The Morgan fingerprint density at radius 1 is 1.12 bits per heavy atom. The van der Waals surface area contributed by atoms with Crippen molar-refractivity contribution in [3.63, 3.8) is 0 Å². The van der Waals surface area contributed by atoms with Gasteiger partial charge in [-0.05, 0) is 49.4 Å². The van der Waals surface area contributed by atoms with Gasteiger partial charge in [-0.25, -0.2) is 4.79 Å². The summed E-state index contributed by atoms with van der Waals surface area (Å²) < 4.78 is 4.92. The predicted molar refractivity (Wildman–Crippen MR) is 92.2 cm³/mol. The van der Waals surface area contributed by atoms with Gasteiger partial charge in [-0.2, -0.15) is 5.10 Å². The van der Waals surface area contributed by atoms with Crippen molar-refractivity contribution < 1.29 is 14.3 Å². The van der Waals surface area contributed by atoms with Gasteiger partial charge in [0.05, 0.1) is 17.9 Å². The second-order valence-corrected chi connectivity index (χ2v) is 5.13. The van der Waals surface area contributed by atoms with E-state index in [9.17, 15) is 9.59 Å². The summed E-state index contributed by atoms with van der Waals surface area (Å²) in [4.78, 5) is 28.1. The lowest BCUT2D eigenvalue weighted by Crippen LogP contribution is -2.12. The van der Waals surface area contributed by atoms with E-state index in [2.05, 4.69) is 20.5 Å². The molecule has 0 fully saturated rings. The Hall–Kier alpha value is -3.48. The molecule has 0 unspecified atom stereocenters. The molecular formula is C18H16N4O3. The Labute approximate surface area is 144 Å². The van der Waals surface area contributed by atoms with E-state index in [0.717, 1.165) is 0 Å². The summed E-state index contributed by atoms with van der Waals surface area (Å²) in [6.45, 7) is 2.06. The Balaban J connectivity index is 1.68. The fourth-order valence-electron chi connectivity index (χ4n) is 2.19. The van der Waals surface area contributed by atoms with E-state index in [1.807, 2.05) is 18.2 Å². The van der Waals surface area contributed by atoms with E-state index in [0.29, 0.717) is 34.9 Å². The highest BCUT2D eigenvalue weighted by atomic mass is 16.5. The topological polar surface area (TPSA) is 97.0 Å². The first-order valence-corrected chi connectivity index (χ1v) is 7.72. The first-order valence-electron chi connectivity index (χ1n) is 7.72. The van der Waals surface area contributed by atoms with Gasteiger partial charge in [-0.1, -0.05) is 6.07 Å². The predicted octanol–water partition coefficient (Wildman–Crippen LogP) is 2.90. The molecular weight excluding hydrogens is 320 g/mol. The van der Waals surface area contributed by atoms with Gasteiger partial charge in [0.1, 0.15) is 11.4 Å². The minimum absolute atomic E-state index is 0.315. The van der Waals surface area contributed by atoms with E-state index >= 15 is 0 Å². The molecule has 0 saturated heterocycles. The standard InChI is InChI=1S/C18H16N4O3/c1-2-25-18(24)12-6-8-13(9-7-12)20-17(23)16-11-15(21-22-16)14-5-3-4-10-19-14/h3-11H,2H2,1H3,(H,20,23)(H,21,22). The number of esters is 1. The number of H-pyrrole nitrogens is 1. The smallest absolute Gasteiger partial charge is 0.338 e. The SMILES string of the molecule is CCOC(=O)c1ccc(NC(=O)c2cc(-c3ccccn3)n[nH]2)cc1. The molecule has 7 nitrogen and oxygen atoms in total. The van der Waals surface area contributed by atoms with Crippen LogP contribution in [-0.2, 0) is 4.74 Å². The van der Waals surface area contributed by atoms with Crippen LogP contribution in [0.4, 0.5) is 5.69 Å². The molecule has 0 saturated carbocycles. The number of aromatic amines is 1. The Bertz CT molecular complexity index is 873. The Kier molecular flexibility index (Phi) is 4.84. The third-order valence-corrected chi connectivity index (χ3v) is 3.40. The van der Waals surface area contributed by atoms with Gasteiger partial charge in [0, 0.05) is 11.9 Å². The molecule has 1 amide bonds. The first kappa shape index (κ1) is 16.4. The minimum Gasteiger partial charge on any atom is -0.462 e. The zero-order chi connectivity index (χ0) is 17.6. The third kappa shape index (κ3) is 3.89. The van der Waals surface area contributed by atoms with Gasteiger partial charge in [0.2, 0.25) is 0 Å². The number of nitrogens with one attached hydrogen (secondary N) is 2. The number of amides is 1. The minimum atomic E-state index is -0.394. The number of ether oxygens (including phenoxy) is 1. The summed E-state index contributed by atoms with van der Waals surface area (Å²) in [7, 11) is 0. The fraction of sp³-hybridized carbons (Fsp3) is 0.111. The van der Waals surface area contributed by atoms with Crippen molar-refractivity contribution in [2.24, 2.45) is 0 Å². The van der Waals surface area contributed by atoms with Crippen LogP contribution in [0, 0.1) is 0 Å². The van der Waals surface area contributed by atoms with Crippen LogP contribution < -0.4 is 5.32 Å². The molecule has 2 heterocycles. The maximum atomic E-state index is 12.3. The number of carbonyl (C=O) groups excluding carboxylic acids is 2. The van der Waals surface area contributed by atoms with Crippen LogP contribution in [0.25, 0.3) is 11.4 Å². The second-order valence-electron chi connectivity index (χ2n) is 5.13. The summed E-state index contributed by atoms with van der Waals surface area (Å²) in [5.41, 5.74) is 2.57. The molecule has 2 N–H and O–H groups in total. The molecule has 7 heteroatoms. The molecule has 0 aliphatic carbocycles. The number of hydrogen-bond donors (Lipinski definition) is 2. The quantitative estimate of drug-likeness (QED) is 0.698. The van der Waals surface area contributed by atoms with Crippen LogP contribution in [0.15, 0.2) is 54.7 Å². The molecule has 0 spiro atoms. The van der Waals surface area contributed by atoms with Gasteiger partial charge in [-0.15, -0.1) is 0 Å². The number of hydrogen-bond acceptors (Lipinski definition) is 5. The third-order valence-electron chi connectivity index (χ3n) is 3.40. The van der Waals surface area contributed by atoms with E-state index in [4.69, 9.17) is 4.74 Å². The zero-order valence-corrected chi connectivity index (χ0v) is 13.5. The number of pyridine rings is 1. The van der Waals surface area contributed by atoms with Crippen molar-refractivity contribution >= 4 is 17.6 Å². The number of carbonyl (C=O) groups is 2. The highest BCUT2D eigenvalue weighted by Crippen LogP contribution is 2.16. The molecule has 3 aromatic rings. The summed E-state index contributed by atoms with van der Waals surface area (Å²) in [5.74, 6) is -0.729. The molecule has 0 atom stereocenters. The lowest BCUT2D eigenvalue weighted by Gasteiger charge is -2.05. The van der Waals surface area contributed by atoms with Crippen LogP contribution in [0.5, 0.6) is 0 Å². The number of rotatable bonds is 5. The van der Waals surface area contributed by atoms with E-state index < -0.39 is 5.97 Å².